The number of aromatic nitrogens is 2. The molecule has 0 aliphatic carbocycles. The number of hydrogen-bond donors (Lipinski definition) is 1. The molecule has 1 saturated heterocycles. The van der Waals surface area contributed by atoms with Gasteiger partial charge in [0.05, 0.1) is 0 Å². The topological polar surface area (TPSA) is 58.1 Å². The van der Waals surface area contributed by atoms with Crippen molar-refractivity contribution in [2.75, 3.05) is 23.3 Å². The van der Waals surface area contributed by atoms with Crippen molar-refractivity contribution in [1.82, 2.24) is 9.97 Å². The molecule has 1 atom stereocenters. The van der Waals surface area contributed by atoms with Crippen LogP contribution in [0.4, 0.5) is 11.6 Å². The lowest BCUT2D eigenvalue weighted by Gasteiger charge is -2.30. The maximum atomic E-state index is 12.4. The maximum absolute atomic E-state index is 12.4. The van der Waals surface area contributed by atoms with E-state index in [9.17, 15) is 4.79 Å². The average molecular weight is 310 g/mol. The number of carbonyl (C=O) groups is 1. The van der Waals surface area contributed by atoms with Crippen LogP contribution in [0.5, 0.6) is 0 Å². The highest BCUT2D eigenvalue weighted by Gasteiger charge is 2.19. The Balaban J connectivity index is 1.73. The lowest BCUT2D eigenvalue weighted by Crippen LogP contribution is -2.35. The van der Waals surface area contributed by atoms with Crippen LogP contribution in [0.3, 0.4) is 0 Å². The highest BCUT2D eigenvalue weighted by molar-refractivity contribution is 6.02. The maximum Gasteiger partial charge on any atom is 0.274 e. The standard InChI is InChI=1S/C18H22N4O/c1-13-5-7-15(8-6-13)20-17(23)16-9-10-19-18(21-16)22-11-3-4-14(2)12-22/h5-10,14H,3-4,11-12H2,1-2H3,(H,20,23). The Labute approximate surface area is 136 Å². The molecule has 0 spiro atoms. The summed E-state index contributed by atoms with van der Waals surface area (Å²) in [7, 11) is 0. The summed E-state index contributed by atoms with van der Waals surface area (Å²) in [6.07, 6.45) is 4.04. The zero-order valence-electron chi connectivity index (χ0n) is 13.6. The molecule has 1 aromatic carbocycles. The minimum Gasteiger partial charge on any atom is -0.341 e. The fourth-order valence-corrected chi connectivity index (χ4v) is 2.83. The Morgan fingerprint density at radius 3 is 2.78 bits per heavy atom. The molecule has 1 N–H and O–H groups in total. The number of aryl methyl sites for hydroxylation is 1. The quantitative estimate of drug-likeness (QED) is 0.945. The van der Waals surface area contributed by atoms with Gasteiger partial charge in [-0.25, -0.2) is 9.97 Å². The van der Waals surface area contributed by atoms with Crippen LogP contribution < -0.4 is 10.2 Å². The molecule has 1 unspecified atom stereocenters. The van der Waals surface area contributed by atoms with Crippen LogP contribution in [-0.2, 0) is 0 Å². The van der Waals surface area contributed by atoms with Crippen LogP contribution >= 0.6 is 0 Å². The minimum absolute atomic E-state index is 0.206. The Morgan fingerprint density at radius 2 is 2.04 bits per heavy atom. The number of anilines is 2. The van der Waals surface area contributed by atoms with Gasteiger partial charge in [-0.15, -0.1) is 0 Å². The zero-order chi connectivity index (χ0) is 16.2. The summed E-state index contributed by atoms with van der Waals surface area (Å²) in [5.41, 5.74) is 2.33. The Morgan fingerprint density at radius 1 is 1.26 bits per heavy atom. The van der Waals surface area contributed by atoms with Crippen molar-refractivity contribution in [2.45, 2.75) is 26.7 Å². The van der Waals surface area contributed by atoms with Crippen LogP contribution in [0.1, 0.15) is 35.8 Å². The molecule has 0 saturated carbocycles. The molecular weight excluding hydrogens is 288 g/mol. The lowest BCUT2D eigenvalue weighted by atomic mass is 10.0. The molecule has 0 radical (unpaired) electrons. The van der Waals surface area contributed by atoms with Crippen molar-refractivity contribution in [3.8, 4) is 0 Å². The summed E-state index contributed by atoms with van der Waals surface area (Å²) >= 11 is 0. The third-order valence-electron chi connectivity index (χ3n) is 4.12. The van der Waals surface area contributed by atoms with Gasteiger partial charge in [0, 0.05) is 25.0 Å². The van der Waals surface area contributed by atoms with E-state index in [0.717, 1.165) is 30.8 Å². The fraction of sp³-hybridized carbons (Fsp3) is 0.389. The smallest absolute Gasteiger partial charge is 0.274 e. The van der Waals surface area contributed by atoms with E-state index in [2.05, 4.69) is 27.1 Å². The minimum atomic E-state index is -0.206. The third-order valence-corrected chi connectivity index (χ3v) is 4.12. The second-order valence-corrected chi connectivity index (χ2v) is 6.26. The molecule has 1 fully saturated rings. The molecular formula is C18H22N4O. The predicted octanol–water partition coefficient (Wildman–Crippen LogP) is 3.27. The summed E-state index contributed by atoms with van der Waals surface area (Å²) in [5.74, 6) is 1.08. The number of nitrogens with one attached hydrogen (secondary N) is 1. The number of benzene rings is 1. The third kappa shape index (κ3) is 3.86. The molecule has 1 amide bonds. The number of piperidine rings is 1. The molecule has 5 heteroatoms. The molecule has 3 rings (SSSR count). The largest absolute Gasteiger partial charge is 0.341 e. The summed E-state index contributed by atoms with van der Waals surface area (Å²) in [4.78, 5) is 23.3. The van der Waals surface area contributed by atoms with Crippen LogP contribution in [0.15, 0.2) is 36.5 Å². The monoisotopic (exact) mass is 310 g/mol. The van der Waals surface area contributed by atoms with Gasteiger partial charge in [0.2, 0.25) is 5.95 Å². The van der Waals surface area contributed by atoms with E-state index in [4.69, 9.17) is 0 Å². The van der Waals surface area contributed by atoms with E-state index in [1.165, 1.54) is 6.42 Å². The van der Waals surface area contributed by atoms with Gasteiger partial charge in [-0.2, -0.15) is 0 Å². The molecule has 2 aromatic rings. The molecule has 23 heavy (non-hydrogen) atoms. The molecule has 1 aromatic heterocycles. The van der Waals surface area contributed by atoms with Gasteiger partial charge in [-0.1, -0.05) is 24.6 Å². The number of hydrogen-bond acceptors (Lipinski definition) is 4. The molecule has 120 valence electrons. The first-order valence-corrected chi connectivity index (χ1v) is 8.08. The van der Waals surface area contributed by atoms with Gasteiger partial charge < -0.3 is 10.2 Å². The molecule has 2 heterocycles. The van der Waals surface area contributed by atoms with E-state index >= 15 is 0 Å². The van der Waals surface area contributed by atoms with Crippen molar-refractivity contribution in [3.63, 3.8) is 0 Å². The Kier molecular flexibility index (Phi) is 4.55. The molecule has 0 bridgehead atoms. The van der Waals surface area contributed by atoms with E-state index in [-0.39, 0.29) is 5.91 Å². The first-order chi connectivity index (χ1) is 11.1. The summed E-state index contributed by atoms with van der Waals surface area (Å²) in [6.45, 7) is 6.15. The first kappa shape index (κ1) is 15.5. The molecule has 1 aliphatic heterocycles. The van der Waals surface area contributed by atoms with E-state index in [1.54, 1.807) is 12.3 Å². The normalized spacial score (nSPS) is 17.8. The summed E-state index contributed by atoms with van der Waals surface area (Å²) in [5, 5.41) is 2.88. The average Bonchev–Trinajstić information content (AvgIpc) is 2.57. The van der Waals surface area contributed by atoms with Crippen molar-refractivity contribution in [3.05, 3.63) is 47.8 Å². The Hall–Kier alpha value is -2.43. The second-order valence-electron chi connectivity index (χ2n) is 6.26. The number of rotatable bonds is 3. The predicted molar refractivity (Wildman–Crippen MR) is 91.8 cm³/mol. The SMILES string of the molecule is Cc1ccc(NC(=O)c2ccnc(N3CCCC(C)C3)n2)cc1. The van der Waals surface area contributed by atoms with Crippen molar-refractivity contribution in [1.29, 1.82) is 0 Å². The second kappa shape index (κ2) is 6.77. The van der Waals surface area contributed by atoms with Crippen molar-refractivity contribution < 1.29 is 4.79 Å². The van der Waals surface area contributed by atoms with Gasteiger partial charge in [0.1, 0.15) is 5.69 Å². The lowest BCUT2D eigenvalue weighted by molar-refractivity contribution is 0.102. The van der Waals surface area contributed by atoms with Crippen LogP contribution in [-0.4, -0.2) is 29.0 Å². The highest BCUT2D eigenvalue weighted by Crippen LogP contribution is 2.20. The first-order valence-electron chi connectivity index (χ1n) is 8.08. The highest BCUT2D eigenvalue weighted by atomic mass is 16.1. The van der Waals surface area contributed by atoms with Gasteiger partial charge in [-0.05, 0) is 43.9 Å². The van der Waals surface area contributed by atoms with E-state index < -0.39 is 0 Å². The van der Waals surface area contributed by atoms with Gasteiger partial charge in [0.25, 0.3) is 5.91 Å². The Bertz CT molecular complexity index is 684. The van der Waals surface area contributed by atoms with Crippen LogP contribution in [0.2, 0.25) is 0 Å². The fourth-order valence-electron chi connectivity index (χ4n) is 2.83. The summed E-state index contributed by atoms with van der Waals surface area (Å²) < 4.78 is 0. The zero-order valence-corrected chi connectivity index (χ0v) is 13.6. The summed E-state index contributed by atoms with van der Waals surface area (Å²) in [6, 6.07) is 9.37. The van der Waals surface area contributed by atoms with Crippen LogP contribution in [0, 0.1) is 12.8 Å². The number of carbonyl (C=O) groups excluding carboxylic acids is 1. The van der Waals surface area contributed by atoms with Gasteiger partial charge in [0.15, 0.2) is 0 Å². The van der Waals surface area contributed by atoms with Gasteiger partial charge >= 0.3 is 0 Å². The number of amides is 1. The van der Waals surface area contributed by atoms with E-state index in [0.29, 0.717) is 17.6 Å². The number of nitrogens with zero attached hydrogens (tertiary/aromatic N) is 3. The molecule has 5 nitrogen and oxygen atoms in total. The van der Waals surface area contributed by atoms with Gasteiger partial charge in [-0.3, -0.25) is 4.79 Å². The molecule has 1 aliphatic rings. The van der Waals surface area contributed by atoms with Crippen molar-refractivity contribution in [2.24, 2.45) is 5.92 Å². The van der Waals surface area contributed by atoms with Crippen LogP contribution in [0.25, 0.3) is 0 Å². The van der Waals surface area contributed by atoms with Crippen molar-refractivity contribution >= 4 is 17.5 Å². The van der Waals surface area contributed by atoms with E-state index in [1.807, 2.05) is 31.2 Å².